The summed E-state index contributed by atoms with van der Waals surface area (Å²) in [7, 11) is 0. The van der Waals surface area contributed by atoms with Gasteiger partial charge in [0.1, 0.15) is 0 Å². The molecule has 28 heavy (non-hydrogen) atoms. The van der Waals surface area contributed by atoms with Gasteiger partial charge in [0.25, 0.3) is 5.91 Å². The highest BCUT2D eigenvalue weighted by Gasteiger charge is 2.23. The molecule has 2 fully saturated rings. The first-order valence-corrected chi connectivity index (χ1v) is 10.4. The van der Waals surface area contributed by atoms with Gasteiger partial charge in [0.05, 0.1) is 0 Å². The average molecular weight is 409 g/mol. The lowest BCUT2D eigenvalue weighted by Crippen LogP contribution is -2.37. The van der Waals surface area contributed by atoms with Crippen LogP contribution in [0.25, 0.3) is 0 Å². The van der Waals surface area contributed by atoms with Crippen LogP contribution in [0.2, 0.25) is 0 Å². The fourth-order valence-electron chi connectivity index (χ4n) is 4.47. The van der Waals surface area contributed by atoms with Crippen LogP contribution in [0, 0.1) is 5.92 Å². The van der Waals surface area contributed by atoms with E-state index in [9.17, 15) is 9.59 Å². The van der Waals surface area contributed by atoms with Gasteiger partial charge in [-0.2, -0.15) is 0 Å². The molecule has 3 rings (SSSR count). The van der Waals surface area contributed by atoms with E-state index >= 15 is 0 Å². The van der Waals surface area contributed by atoms with Crippen molar-refractivity contribution in [3.63, 3.8) is 0 Å². The Morgan fingerprint density at radius 2 is 1.64 bits per heavy atom. The molecule has 0 spiro atoms. The molecule has 6 heteroatoms. The molecule has 1 amide bonds. The van der Waals surface area contributed by atoms with Crippen LogP contribution in [0.4, 0.5) is 0 Å². The summed E-state index contributed by atoms with van der Waals surface area (Å²) in [5.41, 5.74) is 2.09. The number of halogens is 1. The Morgan fingerprint density at radius 3 is 2.25 bits per heavy atom. The van der Waals surface area contributed by atoms with Gasteiger partial charge in [-0.15, -0.1) is 12.4 Å². The van der Waals surface area contributed by atoms with Crippen molar-refractivity contribution < 1.29 is 14.7 Å². The van der Waals surface area contributed by atoms with Gasteiger partial charge in [0, 0.05) is 18.0 Å². The summed E-state index contributed by atoms with van der Waals surface area (Å²) in [4.78, 5) is 23.2. The van der Waals surface area contributed by atoms with Crippen molar-refractivity contribution in [3.05, 3.63) is 35.4 Å². The van der Waals surface area contributed by atoms with Crippen LogP contribution in [-0.4, -0.2) is 36.1 Å². The second-order valence-corrected chi connectivity index (χ2v) is 8.12. The predicted molar refractivity (Wildman–Crippen MR) is 113 cm³/mol. The van der Waals surface area contributed by atoms with E-state index in [2.05, 4.69) is 22.8 Å². The molecule has 0 bridgehead atoms. The third-order valence-corrected chi connectivity index (χ3v) is 6.17. The second-order valence-electron chi connectivity index (χ2n) is 8.12. The third kappa shape index (κ3) is 6.78. The summed E-state index contributed by atoms with van der Waals surface area (Å²) in [5, 5.41) is 15.3. The Labute approximate surface area is 174 Å². The van der Waals surface area contributed by atoms with E-state index in [4.69, 9.17) is 5.11 Å². The Kier molecular flexibility index (Phi) is 9.26. The normalized spacial score (nSPS) is 22.9. The number of nitrogens with one attached hydrogen (secondary N) is 2. The molecule has 1 aromatic carbocycles. The number of aliphatic carboxylic acids is 1. The Balaban J connectivity index is 0.00000280. The van der Waals surface area contributed by atoms with Gasteiger partial charge in [-0.3, -0.25) is 9.59 Å². The van der Waals surface area contributed by atoms with Gasteiger partial charge in [-0.05, 0) is 94.0 Å². The third-order valence-electron chi connectivity index (χ3n) is 6.17. The van der Waals surface area contributed by atoms with Crippen molar-refractivity contribution in [3.8, 4) is 0 Å². The predicted octanol–water partition coefficient (Wildman–Crippen LogP) is 4.12. The fraction of sp³-hybridized carbons (Fsp3) is 0.636. The van der Waals surface area contributed by atoms with Crippen molar-refractivity contribution in [2.45, 2.75) is 69.7 Å². The zero-order valence-electron chi connectivity index (χ0n) is 16.5. The second kappa shape index (κ2) is 11.4. The molecule has 5 nitrogen and oxygen atoms in total. The summed E-state index contributed by atoms with van der Waals surface area (Å²) in [6.45, 7) is 2.15. The van der Waals surface area contributed by atoms with Crippen LogP contribution >= 0.6 is 12.4 Å². The van der Waals surface area contributed by atoms with Crippen molar-refractivity contribution in [2.24, 2.45) is 5.92 Å². The highest BCUT2D eigenvalue weighted by molar-refractivity contribution is 5.94. The van der Waals surface area contributed by atoms with E-state index in [1.807, 2.05) is 12.1 Å². The van der Waals surface area contributed by atoms with Gasteiger partial charge in [0.15, 0.2) is 0 Å². The van der Waals surface area contributed by atoms with Crippen molar-refractivity contribution in [2.75, 3.05) is 13.1 Å². The first-order valence-electron chi connectivity index (χ1n) is 10.4. The molecule has 0 unspecified atom stereocenters. The van der Waals surface area contributed by atoms with Crippen molar-refractivity contribution in [1.29, 1.82) is 0 Å². The number of rotatable bonds is 7. The minimum Gasteiger partial charge on any atom is -0.481 e. The van der Waals surface area contributed by atoms with E-state index in [1.54, 1.807) is 0 Å². The number of hydrogen-bond donors (Lipinski definition) is 3. The number of carbonyl (C=O) groups excluding carboxylic acids is 1. The van der Waals surface area contributed by atoms with Gasteiger partial charge in [0.2, 0.25) is 0 Å². The number of carboxylic acid groups (broad SMARTS) is 1. The highest BCUT2D eigenvalue weighted by atomic mass is 35.5. The maximum absolute atomic E-state index is 12.5. The topological polar surface area (TPSA) is 78.4 Å². The van der Waals surface area contributed by atoms with Crippen molar-refractivity contribution in [1.82, 2.24) is 10.6 Å². The molecular formula is C22H33ClN2O3. The number of hydrogen-bond acceptors (Lipinski definition) is 3. The summed E-state index contributed by atoms with van der Waals surface area (Å²) < 4.78 is 0. The molecule has 0 aromatic heterocycles. The maximum atomic E-state index is 12.5. The van der Waals surface area contributed by atoms with Crippen LogP contribution in [0.3, 0.4) is 0 Å². The Bertz CT molecular complexity index is 621. The van der Waals surface area contributed by atoms with E-state index in [-0.39, 0.29) is 30.8 Å². The quantitative estimate of drug-likeness (QED) is 0.634. The Hall–Kier alpha value is -1.59. The first kappa shape index (κ1) is 22.7. The molecule has 1 saturated carbocycles. The molecule has 0 atom stereocenters. The Morgan fingerprint density at radius 1 is 1.00 bits per heavy atom. The van der Waals surface area contributed by atoms with Crippen LogP contribution in [0.15, 0.2) is 24.3 Å². The van der Waals surface area contributed by atoms with E-state index < -0.39 is 5.97 Å². The van der Waals surface area contributed by atoms with Gasteiger partial charge in [-0.1, -0.05) is 12.1 Å². The monoisotopic (exact) mass is 408 g/mol. The number of amides is 1. The number of benzene rings is 1. The molecule has 1 aliphatic carbocycles. The van der Waals surface area contributed by atoms with E-state index in [0.29, 0.717) is 11.8 Å². The molecule has 2 aliphatic rings. The lowest BCUT2D eigenvalue weighted by atomic mass is 9.83. The highest BCUT2D eigenvalue weighted by Crippen LogP contribution is 2.29. The van der Waals surface area contributed by atoms with E-state index in [0.717, 1.165) is 57.2 Å². The molecule has 1 heterocycles. The molecule has 3 N–H and O–H groups in total. The minimum absolute atomic E-state index is 0. The largest absolute Gasteiger partial charge is 0.481 e. The summed E-state index contributed by atoms with van der Waals surface area (Å²) >= 11 is 0. The molecule has 1 aliphatic heterocycles. The fourth-order valence-corrected chi connectivity index (χ4v) is 4.47. The maximum Gasteiger partial charge on any atom is 0.303 e. The first-order chi connectivity index (χ1) is 13.1. The van der Waals surface area contributed by atoms with Gasteiger partial charge in [-0.25, -0.2) is 0 Å². The van der Waals surface area contributed by atoms with Crippen LogP contribution in [-0.2, 0) is 4.79 Å². The lowest BCUT2D eigenvalue weighted by Gasteiger charge is -2.29. The molecular weight excluding hydrogens is 376 g/mol. The summed E-state index contributed by atoms with van der Waals surface area (Å²) in [5.74, 6) is 0.546. The van der Waals surface area contributed by atoms with Gasteiger partial charge >= 0.3 is 5.97 Å². The van der Waals surface area contributed by atoms with Crippen LogP contribution in [0.1, 0.15) is 79.6 Å². The van der Waals surface area contributed by atoms with Crippen LogP contribution in [0.5, 0.6) is 0 Å². The molecule has 1 saturated heterocycles. The van der Waals surface area contributed by atoms with Crippen molar-refractivity contribution >= 4 is 24.3 Å². The van der Waals surface area contributed by atoms with Gasteiger partial charge < -0.3 is 15.7 Å². The zero-order valence-corrected chi connectivity index (χ0v) is 17.3. The van der Waals surface area contributed by atoms with E-state index in [1.165, 1.54) is 18.4 Å². The molecule has 0 radical (unpaired) electrons. The molecule has 1 aromatic rings. The lowest BCUT2D eigenvalue weighted by molar-refractivity contribution is -0.137. The number of carbonyl (C=O) groups is 2. The minimum atomic E-state index is -0.706. The number of carboxylic acids is 1. The molecule has 156 valence electrons. The summed E-state index contributed by atoms with van der Waals surface area (Å²) in [6.07, 6.45) is 8.52. The summed E-state index contributed by atoms with van der Waals surface area (Å²) in [6, 6.07) is 8.40. The van der Waals surface area contributed by atoms with Crippen LogP contribution < -0.4 is 10.6 Å². The number of piperidine rings is 1. The SMILES string of the molecule is Cl.O=C(O)CCCC1CCC(NC(=O)c2ccc(C3CCNCC3)cc2)CC1. The standard InChI is InChI=1S/C22H32N2O3.ClH/c25-21(26)3-1-2-16-4-10-20(11-5-16)24-22(27)19-8-6-17(7-9-19)18-12-14-23-15-13-18;/h6-9,16,18,20,23H,1-5,10-15H2,(H,24,27)(H,25,26);1H. The average Bonchev–Trinajstić information content (AvgIpc) is 2.70. The zero-order chi connectivity index (χ0) is 19.1. The smallest absolute Gasteiger partial charge is 0.303 e.